The number of halogens is 2. The number of fused-ring (bicyclic) bond motifs is 3. The van der Waals surface area contributed by atoms with Crippen molar-refractivity contribution in [3.63, 3.8) is 0 Å². The molecule has 2 N–H and O–H groups in total. The molecule has 3 aromatic rings. The summed E-state index contributed by atoms with van der Waals surface area (Å²) in [6, 6.07) is 22.5. The summed E-state index contributed by atoms with van der Waals surface area (Å²) in [5.74, 6) is -0.155. The number of hydrogen-bond donors (Lipinski definition) is 2. The zero-order valence-corrected chi connectivity index (χ0v) is 20.1. The highest BCUT2D eigenvalue weighted by Crippen LogP contribution is 2.48. The average molecular weight is 477 g/mol. The maximum atomic E-state index is 14.2. The van der Waals surface area contributed by atoms with Crippen LogP contribution >= 0.6 is 0 Å². The molecule has 0 saturated carbocycles. The molecule has 35 heavy (non-hydrogen) atoms. The van der Waals surface area contributed by atoms with Gasteiger partial charge in [-0.15, -0.1) is 0 Å². The lowest BCUT2D eigenvalue weighted by Crippen LogP contribution is -2.45. The highest BCUT2D eigenvalue weighted by atomic mass is 19.1. The van der Waals surface area contributed by atoms with Gasteiger partial charge in [-0.2, -0.15) is 0 Å². The van der Waals surface area contributed by atoms with Gasteiger partial charge in [0.2, 0.25) is 0 Å². The molecule has 1 saturated heterocycles. The summed E-state index contributed by atoms with van der Waals surface area (Å²) in [6.45, 7) is 4.83. The van der Waals surface area contributed by atoms with Gasteiger partial charge in [-0.05, 0) is 79.4 Å². The predicted octanol–water partition coefficient (Wildman–Crippen LogP) is 5.74. The standard InChI is InChI=1S/C29H34F2N4/c30-23-9-12-25(13-10-23)35-28-14-11-24(31)19-26(28)27-21-34(18-15-29(27)35)17-6-2-5-16-32-33-20-22-7-3-1-4-8-22/h1,3-4,7-14,19,27,29,32-33H,2,5-6,15-18,20-21H2/t27-,29+/m0/s1. The minimum Gasteiger partial charge on any atom is -0.337 e. The van der Waals surface area contributed by atoms with Crippen LogP contribution in [0.3, 0.4) is 0 Å². The fourth-order valence-electron chi connectivity index (χ4n) is 5.55. The van der Waals surface area contributed by atoms with Crippen LogP contribution in [-0.2, 0) is 6.54 Å². The predicted molar refractivity (Wildman–Crippen MR) is 138 cm³/mol. The van der Waals surface area contributed by atoms with Gasteiger partial charge in [-0.25, -0.2) is 8.78 Å². The van der Waals surface area contributed by atoms with Crippen LogP contribution in [-0.4, -0.2) is 37.1 Å². The summed E-state index contributed by atoms with van der Waals surface area (Å²) in [7, 11) is 0. The maximum absolute atomic E-state index is 14.2. The van der Waals surface area contributed by atoms with Gasteiger partial charge in [0.1, 0.15) is 11.6 Å². The number of nitrogens with one attached hydrogen (secondary N) is 2. The molecule has 5 rings (SSSR count). The monoisotopic (exact) mass is 476 g/mol. The van der Waals surface area contributed by atoms with Crippen molar-refractivity contribution in [2.45, 2.75) is 44.2 Å². The molecule has 2 aliphatic rings. The first kappa shape index (κ1) is 23.9. The summed E-state index contributed by atoms with van der Waals surface area (Å²) < 4.78 is 27.7. The molecule has 1 fully saturated rings. The molecular weight excluding hydrogens is 442 g/mol. The van der Waals surface area contributed by atoms with E-state index in [0.717, 1.165) is 68.9 Å². The van der Waals surface area contributed by atoms with Crippen molar-refractivity contribution in [3.8, 4) is 0 Å². The van der Waals surface area contributed by atoms with Gasteiger partial charge < -0.3 is 9.80 Å². The van der Waals surface area contributed by atoms with Crippen molar-refractivity contribution in [2.24, 2.45) is 0 Å². The number of nitrogens with zero attached hydrogens (tertiary/aromatic N) is 2. The van der Waals surface area contributed by atoms with Crippen LogP contribution in [0.4, 0.5) is 20.2 Å². The molecule has 0 aromatic heterocycles. The van der Waals surface area contributed by atoms with Gasteiger partial charge in [0.05, 0.1) is 0 Å². The average Bonchev–Trinajstić information content (AvgIpc) is 3.19. The van der Waals surface area contributed by atoms with E-state index in [1.807, 2.05) is 24.3 Å². The Labute approximate surface area is 206 Å². The minimum atomic E-state index is -0.235. The molecule has 2 heterocycles. The number of likely N-dealkylation sites (tertiary alicyclic amines) is 1. The van der Waals surface area contributed by atoms with E-state index < -0.39 is 0 Å². The van der Waals surface area contributed by atoms with Gasteiger partial charge >= 0.3 is 0 Å². The number of hydrogen-bond acceptors (Lipinski definition) is 4. The van der Waals surface area contributed by atoms with Crippen LogP contribution in [0.15, 0.2) is 72.8 Å². The van der Waals surface area contributed by atoms with Crippen molar-refractivity contribution in [1.29, 1.82) is 0 Å². The summed E-state index contributed by atoms with van der Waals surface area (Å²) >= 11 is 0. The topological polar surface area (TPSA) is 30.5 Å². The second-order valence-corrected chi connectivity index (χ2v) is 9.64. The summed E-state index contributed by atoms with van der Waals surface area (Å²) in [4.78, 5) is 4.83. The van der Waals surface area contributed by atoms with E-state index in [4.69, 9.17) is 0 Å². The van der Waals surface area contributed by atoms with Gasteiger partial charge in [-0.3, -0.25) is 10.9 Å². The third-order valence-corrected chi connectivity index (χ3v) is 7.28. The number of rotatable bonds is 10. The number of piperidine rings is 1. The first-order valence-corrected chi connectivity index (χ1v) is 12.8. The van der Waals surface area contributed by atoms with Crippen LogP contribution in [0, 0.1) is 11.6 Å². The molecule has 3 aromatic carbocycles. The molecule has 0 spiro atoms. The quantitative estimate of drug-likeness (QED) is 0.289. The molecular formula is C29H34F2N4. The van der Waals surface area contributed by atoms with Gasteiger partial charge in [0.15, 0.2) is 0 Å². The molecule has 0 radical (unpaired) electrons. The van der Waals surface area contributed by atoms with Crippen LogP contribution < -0.4 is 15.8 Å². The second-order valence-electron chi connectivity index (χ2n) is 9.64. The summed E-state index contributed by atoms with van der Waals surface area (Å²) in [5, 5.41) is 0. The van der Waals surface area contributed by atoms with Crippen LogP contribution in [0.5, 0.6) is 0 Å². The normalized spacial score (nSPS) is 19.5. The molecule has 0 bridgehead atoms. The Morgan fingerprint density at radius 2 is 1.63 bits per heavy atom. The highest BCUT2D eigenvalue weighted by Gasteiger charge is 2.42. The first-order valence-electron chi connectivity index (χ1n) is 12.8. The van der Waals surface area contributed by atoms with Gasteiger partial charge in [0.25, 0.3) is 0 Å². The lowest BCUT2D eigenvalue weighted by Gasteiger charge is -2.39. The Kier molecular flexibility index (Phi) is 7.72. The van der Waals surface area contributed by atoms with Gasteiger partial charge in [-0.1, -0.05) is 36.8 Å². The largest absolute Gasteiger partial charge is 0.337 e. The van der Waals surface area contributed by atoms with Crippen molar-refractivity contribution in [3.05, 3.63) is 95.6 Å². The lowest BCUT2D eigenvalue weighted by molar-refractivity contribution is 0.193. The highest BCUT2D eigenvalue weighted by molar-refractivity contribution is 5.73. The Bertz CT molecular complexity index is 1090. The fourth-order valence-corrected chi connectivity index (χ4v) is 5.55. The van der Waals surface area contributed by atoms with Crippen molar-refractivity contribution in [1.82, 2.24) is 15.8 Å². The number of benzene rings is 3. The van der Waals surface area contributed by atoms with E-state index in [1.54, 1.807) is 6.07 Å². The summed E-state index contributed by atoms with van der Waals surface area (Å²) in [6.07, 6.45) is 4.49. The van der Waals surface area contributed by atoms with E-state index in [9.17, 15) is 8.78 Å². The van der Waals surface area contributed by atoms with E-state index in [0.29, 0.717) is 0 Å². The van der Waals surface area contributed by atoms with Crippen molar-refractivity contribution < 1.29 is 8.78 Å². The van der Waals surface area contributed by atoms with E-state index >= 15 is 0 Å². The molecule has 2 atom stereocenters. The van der Waals surface area contributed by atoms with E-state index in [1.165, 1.54) is 30.2 Å². The van der Waals surface area contributed by atoms with Gasteiger partial charge in [0, 0.05) is 49.5 Å². The Morgan fingerprint density at radius 1 is 0.829 bits per heavy atom. The molecule has 0 amide bonds. The zero-order valence-electron chi connectivity index (χ0n) is 20.1. The third-order valence-electron chi connectivity index (χ3n) is 7.28. The molecule has 184 valence electrons. The molecule has 0 aliphatic carbocycles. The number of hydrazine groups is 1. The maximum Gasteiger partial charge on any atom is 0.123 e. The second kappa shape index (κ2) is 11.3. The zero-order chi connectivity index (χ0) is 24.0. The van der Waals surface area contributed by atoms with Crippen LogP contribution in [0.1, 0.15) is 42.7 Å². The van der Waals surface area contributed by atoms with Crippen LogP contribution in [0.25, 0.3) is 0 Å². The Hall–Kier alpha value is -2.80. The fraction of sp³-hybridized carbons (Fsp3) is 0.379. The van der Waals surface area contributed by atoms with E-state index in [-0.39, 0.29) is 23.6 Å². The SMILES string of the molecule is Fc1ccc(N2c3ccc(F)cc3[C@@H]3CN(CCCCCNNCc4ccccc4)CC[C@H]32)cc1. The number of anilines is 2. The third kappa shape index (κ3) is 5.72. The molecule has 6 heteroatoms. The Balaban J connectivity index is 1.10. The summed E-state index contributed by atoms with van der Waals surface area (Å²) in [5.41, 5.74) is 11.0. The lowest BCUT2D eigenvalue weighted by atomic mass is 9.89. The molecule has 4 nitrogen and oxygen atoms in total. The molecule has 0 unspecified atom stereocenters. The number of unbranched alkanes of at least 4 members (excludes halogenated alkanes) is 2. The van der Waals surface area contributed by atoms with Crippen LogP contribution in [0.2, 0.25) is 0 Å². The molecule has 2 aliphatic heterocycles. The smallest absolute Gasteiger partial charge is 0.123 e. The minimum absolute atomic E-state index is 0.186. The Morgan fingerprint density at radius 3 is 2.46 bits per heavy atom. The first-order chi connectivity index (χ1) is 17.2. The van der Waals surface area contributed by atoms with Crippen molar-refractivity contribution in [2.75, 3.05) is 31.1 Å². The van der Waals surface area contributed by atoms with Crippen molar-refractivity contribution >= 4 is 11.4 Å². The van der Waals surface area contributed by atoms with E-state index in [2.05, 4.69) is 44.9 Å².